The van der Waals surface area contributed by atoms with Gasteiger partial charge in [0.05, 0.1) is 13.0 Å². The molecule has 4 saturated carbocycles. The number of furan rings is 1. The molecule has 2 aromatic carbocycles. The van der Waals surface area contributed by atoms with E-state index in [9.17, 15) is 14.7 Å². The molecule has 0 amide bonds. The van der Waals surface area contributed by atoms with Crippen molar-refractivity contribution in [3.05, 3.63) is 82.6 Å². The summed E-state index contributed by atoms with van der Waals surface area (Å²) >= 11 is 0. The van der Waals surface area contributed by atoms with Gasteiger partial charge in [0.1, 0.15) is 18.0 Å². The standard InChI is InChI=1S/C37H38O6/c1-24-2-4-25(5-3-24)6-7-26-8-10-33-30(15-26)18-32(42-33)9-11-34(39)41-23-37(22-38)21-29(35(40)43-37)12-13-36-19-27-14-28(20-36)17-31(36)16-27/h2-5,8,10,12,15,18,27-28,31,38H,9,11,13-14,16-17,19-23H2,1H3/b29-12+/t27?,28?,31?,36?,37-/m1/s1. The number of ether oxygens (including phenoxy) is 2. The van der Waals surface area contributed by atoms with Crippen molar-refractivity contribution in [3.63, 3.8) is 0 Å². The molecule has 5 aliphatic rings. The number of rotatable bonds is 8. The van der Waals surface area contributed by atoms with Gasteiger partial charge in [-0.3, -0.25) is 4.79 Å². The summed E-state index contributed by atoms with van der Waals surface area (Å²) in [5, 5.41) is 11.1. The van der Waals surface area contributed by atoms with Gasteiger partial charge in [-0.25, -0.2) is 4.79 Å². The van der Waals surface area contributed by atoms with E-state index in [4.69, 9.17) is 13.9 Å². The number of allylic oxidation sites excluding steroid dienone is 1. The van der Waals surface area contributed by atoms with Crippen molar-refractivity contribution >= 4 is 22.9 Å². The Hall–Kier alpha value is -3.82. The molecule has 6 nitrogen and oxygen atoms in total. The van der Waals surface area contributed by atoms with Crippen LogP contribution in [0.1, 0.15) is 73.8 Å². The van der Waals surface area contributed by atoms with Crippen LogP contribution in [0.25, 0.3) is 11.0 Å². The molecule has 1 aromatic heterocycles. The fourth-order valence-electron chi connectivity index (χ4n) is 8.30. The number of aliphatic hydroxyl groups is 1. The minimum Gasteiger partial charge on any atom is -0.461 e. The molecule has 2 heterocycles. The highest BCUT2D eigenvalue weighted by atomic mass is 16.6. The first-order chi connectivity index (χ1) is 20.8. The minimum absolute atomic E-state index is 0.115. The molecule has 3 aromatic rings. The summed E-state index contributed by atoms with van der Waals surface area (Å²) in [5.41, 5.74) is 3.53. The molecule has 8 rings (SSSR count). The first-order valence-corrected chi connectivity index (χ1v) is 15.6. The van der Waals surface area contributed by atoms with Crippen LogP contribution in [0, 0.1) is 41.9 Å². The van der Waals surface area contributed by atoms with Crippen LogP contribution in [-0.2, 0) is 25.5 Å². The van der Waals surface area contributed by atoms with E-state index in [2.05, 4.69) is 24.8 Å². The summed E-state index contributed by atoms with van der Waals surface area (Å²) in [5.74, 6) is 8.76. The predicted octanol–water partition coefficient (Wildman–Crippen LogP) is 6.44. The van der Waals surface area contributed by atoms with Gasteiger partial charge in [0.25, 0.3) is 0 Å². The van der Waals surface area contributed by atoms with Crippen LogP contribution in [0.3, 0.4) is 0 Å². The fourth-order valence-corrected chi connectivity index (χ4v) is 8.30. The Balaban J connectivity index is 0.925. The van der Waals surface area contributed by atoms with Crippen LogP contribution >= 0.6 is 0 Å². The first kappa shape index (κ1) is 28.0. The average Bonchev–Trinajstić information content (AvgIpc) is 3.70. The summed E-state index contributed by atoms with van der Waals surface area (Å²) in [6, 6.07) is 15.8. The second-order valence-corrected chi connectivity index (χ2v) is 13.5. The highest BCUT2D eigenvalue weighted by Gasteiger charge is 2.57. The average molecular weight is 579 g/mol. The van der Waals surface area contributed by atoms with Crippen molar-refractivity contribution in [1.82, 2.24) is 0 Å². The van der Waals surface area contributed by atoms with E-state index in [0.717, 1.165) is 46.3 Å². The van der Waals surface area contributed by atoms with Crippen molar-refractivity contribution in [2.24, 2.45) is 23.2 Å². The summed E-state index contributed by atoms with van der Waals surface area (Å²) < 4.78 is 17.1. The van der Waals surface area contributed by atoms with Gasteiger partial charge in [0, 0.05) is 34.9 Å². The Labute approximate surface area is 252 Å². The molecular weight excluding hydrogens is 540 g/mol. The number of benzene rings is 2. The maximum Gasteiger partial charge on any atom is 0.334 e. The number of carbonyl (C=O) groups excluding carboxylic acids is 2. The smallest absolute Gasteiger partial charge is 0.334 e. The zero-order chi connectivity index (χ0) is 29.6. The van der Waals surface area contributed by atoms with Crippen LogP contribution in [-0.4, -0.2) is 35.9 Å². The van der Waals surface area contributed by atoms with Gasteiger partial charge in [0.2, 0.25) is 0 Å². The van der Waals surface area contributed by atoms with Crippen molar-refractivity contribution < 1.29 is 28.6 Å². The molecule has 222 valence electrons. The van der Waals surface area contributed by atoms with E-state index in [1.54, 1.807) is 0 Å². The zero-order valence-electron chi connectivity index (χ0n) is 24.7. The van der Waals surface area contributed by atoms with Gasteiger partial charge in [-0.15, -0.1) is 0 Å². The van der Waals surface area contributed by atoms with E-state index in [0.29, 0.717) is 23.2 Å². The molecule has 0 radical (unpaired) electrons. The molecule has 1 saturated heterocycles. The maximum atomic E-state index is 12.7. The Morgan fingerprint density at radius 2 is 1.79 bits per heavy atom. The lowest BCUT2D eigenvalue weighted by Gasteiger charge is -2.32. The Morgan fingerprint density at radius 1 is 1.05 bits per heavy atom. The SMILES string of the molecule is Cc1ccc(C#Cc2ccc3oc(CCC(=O)OC[C@]4(CO)C/C(=C\CC56CC7CC(CC5C7)C6)C(=O)O4)cc3c2)cc1. The maximum absolute atomic E-state index is 12.7. The molecule has 43 heavy (non-hydrogen) atoms. The molecule has 4 aliphatic carbocycles. The number of aryl methyl sites for hydroxylation is 2. The van der Waals surface area contributed by atoms with Crippen LogP contribution < -0.4 is 0 Å². The number of carbonyl (C=O) groups is 2. The van der Waals surface area contributed by atoms with Crippen LogP contribution in [0.2, 0.25) is 0 Å². The van der Waals surface area contributed by atoms with Gasteiger partial charge in [-0.05, 0) is 105 Å². The molecule has 0 spiro atoms. The second-order valence-electron chi connectivity index (χ2n) is 13.5. The fraction of sp³-hybridized carbons (Fsp3) is 0.459. The van der Waals surface area contributed by atoms with Gasteiger partial charge in [0.15, 0.2) is 5.60 Å². The molecule has 3 atom stereocenters. The normalized spacial score (nSPS) is 29.7. The van der Waals surface area contributed by atoms with Gasteiger partial charge in [-0.1, -0.05) is 35.6 Å². The Kier molecular flexibility index (Phi) is 7.18. The van der Waals surface area contributed by atoms with Crippen molar-refractivity contribution in [3.8, 4) is 11.8 Å². The number of esters is 2. The molecule has 4 bridgehead atoms. The third kappa shape index (κ3) is 5.63. The van der Waals surface area contributed by atoms with E-state index < -0.39 is 17.5 Å². The quantitative estimate of drug-likeness (QED) is 0.188. The first-order valence-electron chi connectivity index (χ1n) is 15.6. The second kappa shape index (κ2) is 11.0. The summed E-state index contributed by atoms with van der Waals surface area (Å²) in [7, 11) is 0. The highest BCUT2D eigenvalue weighted by molar-refractivity contribution is 5.91. The van der Waals surface area contributed by atoms with Crippen molar-refractivity contribution in [2.75, 3.05) is 13.2 Å². The van der Waals surface area contributed by atoms with E-state index in [1.165, 1.54) is 37.7 Å². The minimum atomic E-state index is -1.21. The number of hydrogen-bond acceptors (Lipinski definition) is 6. The Bertz CT molecular complexity index is 1640. The van der Waals surface area contributed by atoms with Crippen molar-refractivity contribution in [1.29, 1.82) is 0 Å². The Morgan fingerprint density at radius 3 is 2.56 bits per heavy atom. The highest BCUT2D eigenvalue weighted by Crippen LogP contribution is 2.67. The number of fused-ring (bicyclic) bond motifs is 1. The number of aliphatic hydroxyl groups excluding tert-OH is 1. The van der Waals surface area contributed by atoms with Crippen LogP contribution in [0.15, 0.2) is 64.6 Å². The molecule has 1 N–H and O–H groups in total. The van der Waals surface area contributed by atoms with Gasteiger partial charge in [-0.2, -0.15) is 0 Å². The van der Waals surface area contributed by atoms with E-state index >= 15 is 0 Å². The summed E-state index contributed by atoms with van der Waals surface area (Å²) in [6.07, 6.45) is 10.4. The van der Waals surface area contributed by atoms with E-state index in [-0.39, 0.29) is 26.1 Å². The van der Waals surface area contributed by atoms with Crippen molar-refractivity contribution in [2.45, 2.75) is 70.3 Å². The monoisotopic (exact) mass is 578 g/mol. The van der Waals surface area contributed by atoms with Gasteiger partial charge >= 0.3 is 11.9 Å². The summed E-state index contributed by atoms with van der Waals surface area (Å²) in [6.45, 7) is 1.50. The summed E-state index contributed by atoms with van der Waals surface area (Å²) in [4.78, 5) is 25.4. The number of hydrogen-bond donors (Lipinski definition) is 1. The lowest BCUT2D eigenvalue weighted by atomic mass is 9.73. The molecule has 6 heteroatoms. The lowest BCUT2D eigenvalue weighted by molar-refractivity contribution is -0.166. The van der Waals surface area contributed by atoms with E-state index in [1.807, 2.05) is 48.5 Å². The molecule has 1 aliphatic heterocycles. The zero-order valence-corrected chi connectivity index (χ0v) is 24.7. The molecule has 5 fully saturated rings. The third-order valence-electron chi connectivity index (χ3n) is 10.3. The predicted molar refractivity (Wildman–Crippen MR) is 162 cm³/mol. The number of cyclic esters (lactones) is 1. The topological polar surface area (TPSA) is 86.0 Å². The molecule has 2 unspecified atom stereocenters. The molecular formula is C37H38O6. The van der Waals surface area contributed by atoms with Crippen LogP contribution in [0.4, 0.5) is 0 Å². The van der Waals surface area contributed by atoms with Crippen LogP contribution in [0.5, 0.6) is 0 Å². The third-order valence-corrected chi connectivity index (χ3v) is 10.3. The lowest BCUT2D eigenvalue weighted by Crippen LogP contribution is -2.39. The van der Waals surface area contributed by atoms with Gasteiger partial charge < -0.3 is 19.0 Å². The largest absolute Gasteiger partial charge is 0.461 e.